The summed E-state index contributed by atoms with van der Waals surface area (Å²) in [5.74, 6) is -0.895. The van der Waals surface area contributed by atoms with Gasteiger partial charge in [0.05, 0.1) is 11.1 Å². The van der Waals surface area contributed by atoms with E-state index in [1.807, 2.05) is 38.1 Å². The third-order valence-corrected chi connectivity index (χ3v) is 4.64. The minimum atomic E-state index is -0.589. The molecule has 2 aromatic carbocycles. The summed E-state index contributed by atoms with van der Waals surface area (Å²) in [5, 5.41) is 0. The van der Waals surface area contributed by atoms with Gasteiger partial charge >= 0.3 is 11.9 Å². The molecule has 0 N–H and O–H groups in total. The molecule has 0 radical (unpaired) electrons. The molecule has 28 heavy (non-hydrogen) atoms. The first-order chi connectivity index (χ1) is 13.5. The second-order valence-electron chi connectivity index (χ2n) is 6.85. The van der Waals surface area contributed by atoms with Crippen molar-refractivity contribution in [1.82, 2.24) is 0 Å². The standard InChI is InChI=1S/C22H24O6/c1-14-4-8-16(9-5-14)21(23)26-13-19-18(12-20(25-3)27-19)28-22(24)17-10-6-15(2)7-11-17/h4-11,18-20H,12-13H2,1-3H3/t18?,19?,20-/m1/s1. The van der Waals surface area contributed by atoms with E-state index in [1.165, 1.54) is 7.11 Å². The maximum absolute atomic E-state index is 12.4. The van der Waals surface area contributed by atoms with E-state index in [0.29, 0.717) is 17.5 Å². The Labute approximate surface area is 164 Å². The van der Waals surface area contributed by atoms with Crippen molar-refractivity contribution in [3.05, 3.63) is 70.8 Å². The molecule has 2 aromatic rings. The van der Waals surface area contributed by atoms with Crippen molar-refractivity contribution < 1.29 is 28.5 Å². The number of methoxy groups -OCH3 is 1. The molecule has 3 atom stereocenters. The number of rotatable bonds is 6. The number of aryl methyl sites for hydroxylation is 2. The van der Waals surface area contributed by atoms with Crippen LogP contribution in [0.5, 0.6) is 0 Å². The van der Waals surface area contributed by atoms with Gasteiger partial charge in [-0.15, -0.1) is 0 Å². The summed E-state index contributed by atoms with van der Waals surface area (Å²) in [7, 11) is 1.52. The molecule has 0 amide bonds. The highest BCUT2D eigenvalue weighted by molar-refractivity contribution is 5.90. The van der Waals surface area contributed by atoms with Crippen LogP contribution in [0.3, 0.4) is 0 Å². The van der Waals surface area contributed by atoms with E-state index in [2.05, 4.69) is 0 Å². The Balaban J connectivity index is 1.61. The average Bonchev–Trinajstić information content (AvgIpc) is 3.09. The first-order valence-electron chi connectivity index (χ1n) is 9.16. The van der Waals surface area contributed by atoms with Crippen LogP contribution in [-0.4, -0.2) is 44.2 Å². The van der Waals surface area contributed by atoms with Crippen LogP contribution in [0.1, 0.15) is 38.3 Å². The minimum Gasteiger partial charge on any atom is -0.459 e. The molecule has 1 saturated heterocycles. The van der Waals surface area contributed by atoms with Gasteiger partial charge in [0, 0.05) is 13.5 Å². The smallest absolute Gasteiger partial charge is 0.338 e. The lowest BCUT2D eigenvalue weighted by Gasteiger charge is -2.19. The summed E-state index contributed by atoms with van der Waals surface area (Å²) < 4.78 is 21.9. The SMILES string of the molecule is CO[C@H]1CC(OC(=O)c2ccc(C)cc2)C(COC(=O)c2ccc(C)cc2)O1. The summed E-state index contributed by atoms with van der Waals surface area (Å²) >= 11 is 0. The lowest BCUT2D eigenvalue weighted by atomic mass is 10.1. The Morgan fingerprint density at radius 1 is 0.929 bits per heavy atom. The summed E-state index contributed by atoms with van der Waals surface area (Å²) in [4.78, 5) is 24.6. The second-order valence-corrected chi connectivity index (χ2v) is 6.85. The van der Waals surface area contributed by atoms with E-state index < -0.39 is 30.4 Å². The zero-order valence-electron chi connectivity index (χ0n) is 16.2. The van der Waals surface area contributed by atoms with Gasteiger partial charge in [-0.25, -0.2) is 9.59 Å². The molecule has 1 aliphatic heterocycles. The predicted molar refractivity (Wildman–Crippen MR) is 102 cm³/mol. The lowest BCUT2D eigenvalue weighted by molar-refractivity contribution is -0.128. The maximum Gasteiger partial charge on any atom is 0.338 e. The highest BCUT2D eigenvalue weighted by Crippen LogP contribution is 2.25. The van der Waals surface area contributed by atoms with E-state index in [4.69, 9.17) is 18.9 Å². The van der Waals surface area contributed by atoms with Crippen molar-refractivity contribution in [2.45, 2.75) is 38.8 Å². The molecule has 1 fully saturated rings. The Hall–Kier alpha value is -2.70. The number of carbonyl (C=O) groups is 2. The molecule has 3 rings (SSSR count). The third-order valence-electron chi connectivity index (χ3n) is 4.64. The molecule has 6 heteroatoms. The summed E-state index contributed by atoms with van der Waals surface area (Å²) in [6.45, 7) is 3.86. The Kier molecular flexibility index (Phi) is 6.44. The molecule has 0 aromatic heterocycles. The molecule has 0 bridgehead atoms. The van der Waals surface area contributed by atoms with Crippen molar-refractivity contribution in [2.75, 3.05) is 13.7 Å². The number of benzene rings is 2. The first-order valence-corrected chi connectivity index (χ1v) is 9.16. The number of hydrogen-bond acceptors (Lipinski definition) is 6. The second kappa shape index (κ2) is 8.99. The van der Waals surface area contributed by atoms with Gasteiger partial charge in [-0.1, -0.05) is 35.4 Å². The van der Waals surface area contributed by atoms with Crippen LogP contribution in [0.4, 0.5) is 0 Å². The van der Waals surface area contributed by atoms with E-state index in [1.54, 1.807) is 24.3 Å². The topological polar surface area (TPSA) is 71.1 Å². The number of ether oxygens (including phenoxy) is 4. The van der Waals surface area contributed by atoms with E-state index in [9.17, 15) is 9.59 Å². The summed E-state index contributed by atoms with van der Waals surface area (Å²) in [6.07, 6.45) is -1.29. The fourth-order valence-corrected chi connectivity index (χ4v) is 2.93. The van der Waals surface area contributed by atoms with Crippen LogP contribution in [0.25, 0.3) is 0 Å². The van der Waals surface area contributed by atoms with Gasteiger partial charge < -0.3 is 18.9 Å². The van der Waals surface area contributed by atoms with E-state index >= 15 is 0 Å². The van der Waals surface area contributed by atoms with Gasteiger partial charge in [-0.2, -0.15) is 0 Å². The molecule has 0 saturated carbocycles. The average molecular weight is 384 g/mol. The van der Waals surface area contributed by atoms with Crippen LogP contribution < -0.4 is 0 Å². The quantitative estimate of drug-likeness (QED) is 0.711. The highest BCUT2D eigenvalue weighted by Gasteiger charge is 2.39. The van der Waals surface area contributed by atoms with Crippen LogP contribution >= 0.6 is 0 Å². The molecule has 148 valence electrons. The molecule has 1 aliphatic rings. The van der Waals surface area contributed by atoms with Crippen LogP contribution in [0, 0.1) is 13.8 Å². The molecule has 6 nitrogen and oxygen atoms in total. The van der Waals surface area contributed by atoms with E-state index in [0.717, 1.165) is 11.1 Å². The Bertz CT molecular complexity index is 812. The van der Waals surface area contributed by atoms with Gasteiger partial charge in [0.15, 0.2) is 6.29 Å². The normalized spacial score (nSPS) is 21.3. The third kappa shape index (κ3) is 4.97. The number of esters is 2. The zero-order chi connectivity index (χ0) is 20.1. The van der Waals surface area contributed by atoms with Crippen molar-refractivity contribution in [3.8, 4) is 0 Å². The highest BCUT2D eigenvalue weighted by atomic mass is 16.7. The van der Waals surface area contributed by atoms with Crippen LogP contribution in [0.15, 0.2) is 48.5 Å². The van der Waals surface area contributed by atoms with Crippen molar-refractivity contribution in [3.63, 3.8) is 0 Å². The van der Waals surface area contributed by atoms with Crippen molar-refractivity contribution >= 4 is 11.9 Å². The van der Waals surface area contributed by atoms with Gasteiger partial charge in [0.1, 0.15) is 18.8 Å². The summed E-state index contributed by atoms with van der Waals surface area (Å²) in [5.41, 5.74) is 3.03. The molecular weight excluding hydrogens is 360 g/mol. The lowest BCUT2D eigenvalue weighted by Crippen LogP contribution is -2.32. The molecular formula is C22H24O6. The largest absolute Gasteiger partial charge is 0.459 e. The van der Waals surface area contributed by atoms with Gasteiger partial charge in [0.25, 0.3) is 0 Å². The molecule has 0 aliphatic carbocycles. The maximum atomic E-state index is 12.4. The predicted octanol–water partition coefficient (Wildman–Crippen LogP) is 3.45. The minimum absolute atomic E-state index is 0.0294. The van der Waals surface area contributed by atoms with Crippen molar-refractivity contribution in [1.29, 1.82) is 0 Å². The summed E-state index contributed by atoms with van der Waals surface area (Å²) in [6, 6.07) is 14.2. The fourth-order valence-electron chi connectivity index (χ4n) is 2.93. The van der Waals surface area contributed by atoms with E-state index in [-0.39, 0.29) is 6.61 Å². The fraction of sp³-hybridized carbons (Fsp3) is 0.364. The van der Waals surface area contributed by atoms with Crippen molar-refractivity contribution in [2.24, 2.45) is 0 Å². The van der Waals surface area contributed by atoms with Gasteiger partial charge in [-0.3, -0.25) is 0 Å². The van der Waals surface area contributed by atoms with Gasteiger partial charge in [0.2, 0.25) is 0 Å². The molecule has 2 unspecified atom stereocenters. The van der Waals surface area contributed by atoms with Crippen LogP contribution in [0.2, 0.25) is 0 Å². The first kappa shape index (κ1) is 20.0. The van der Waals surface area contributed by atoms with Gasteiger partial charge in [-0.05, 0) is 38.1 Å². The molecule has 1 heterocycles. The molecule has 0 spiro atoms. The Morgan fingerprint density at radius 2 is 1.46 bits per heavy atom. The number of hydrogen-bond donors (Lipinski definition) is 0. The monoisotopic (exact) mass is 384 g/mol. The number of carbonyl (C=O) groups excluding carboxylic acids is 2. The Morgan fingerprint density at radius 3 is 2.00 bits per heavy atom. The van der Waals surface area contributed by atoms with Crippen LogP contribution in [-0.2, 0) is 18.9 Å². The zero-order valence-corrected chi connectivity index (χ0v) is 16.2.